The predicted molar refractivity (Wildman–Crippen MR) is 113 cm³/mol. The summed E-state index contributed by atoms with van der Waals surface area (Å²) < 4.78 is 12.6. The zero-order chi connectivity index (χ0) is 21.3. The van der Waals surface area contributed by atoms with Crippen molar-refractivity contribution in [3.8, 4) is 28.7 Å². The quantitative estimate of drug-likeness (QED) is 0.419. The number of nitrogens with zero attached hydrogens (tertiary/aromatic N) is 4. The molecule has 4 rings (SSSR count). The molecule has 0 saturated carbocycles. The van der Waals surface area contributed by atoms with Gasteiger partial charge in [0.2, 0.25) is 5.89 Å². The van der Waals surface area contributed by atoms with Crippen LogP contribution in [-0.2, 0) is 4.74 Å². The summed E-state index contributed by atoms with van der Waals surface area (Å²) in [6.07, 6.45) is 0. The van der Waals surface area contributed by atoms with E-state index < -0.39 is 5.97 Å². The van der Waals surface area contributed by atoms with Gasteiger partial charge in [0, 0.05) is 5.56 Å². The molecule has 0 aliphatic rings. The summed E-state index contributed by atoms with van der Waals surface area (Å²) in [6, 6.07) is 15.3. The smallest absolute Gasteiger partial charge is 0.360 e. The van der Waals surface area contributed by atoms with Crippen LogP contribution in [0.2, 0.25) is 5.02 Å². The molecule has 30 heavy (non-hydrogen) atoms. The van der Waals surface area contributed by atoms with Crippen LogP contribution in [0.25, 0.3) is 28.7 Å². The Morgan fingerprint density at radius 2 is 1.87 bits per heavy atom. The summed E-state index contributed by atoms with van der Waals surface area (Å²) >= 11 is 6.57. The van der Waals surface area contributed by atoms with Crippen LogP contribution >= 0.6 is 11.6 Å². The summed E-state index contributed by atoms with van der Waals surface area (Å²) in [6.45, 7) is 5.85. The van der Waals surface area contributed by atoms with E-state index in [2.05, 4.69) is 15.3 Å². The lowest BCUT2D eigenvalue weighted by Crippen LogP contribution is -2.07. The van der Waals surface area contributed by atoms with Crippen molar-refractivity contribution in [1.29, 1.82) is 0 Å². The fourth-order valence-electron chi connectivity index (χ4n) is 3.10. The summed E-state index contributed by atoms with van der Waals surface area (Å²) in [4.78, 5) is 12.4. The predicted octanol–water partition coefficient (Wildman–Crippen LogP) is 5.04. The Morgan fingerprint density at radius 3 is 2.60 bits per heavy atom. The summed E-state index contributed by atoms with van der Waals surface area (Å²) in [7, 11) is 0. The third-order valence-electron chi connectivity index (χ3n) is 4.53. The maximum atomic E-state index is 12.4. The number of aromatic nitrogens is 4. The zero-order valence-corrected chi connectivity index (χ0v) is 17.5. The molecule has 4 aromatic rings. The molecule has 2 aromatic heterocycles. The first-order chi connectivity index (χ1) is 14.5. The van der Waals surface area contributed by atoms with Crippen molar-refractivity contribution >= 4 is 17.6 Å². The number of aryl methyl sites for hydroxylation is 2. The number of rotatable bonds is 5. The van der Waals surface area contributed by atoms with Gasteiger partial charge in [0.15, 0.2) is 11.4 Å². The van der Waals surface area contributed by atoms with Gasteiger partial charge >= 0.3 is 5.97 Å². The number of ether oxygens (including phenoxy) is 1. The van der Waals surface area contributed by atoms with Crippen LogP contribution in [0, 0.1) is 13.8 Å². The summed E-state index contributed by atoms with van der Waals surface area (Å²) in [5.41, 5.74) is 3.86. The Morgan fingerprint density at radius 1 is 1.10 bits per heavy atom. The second-order valence-corrected chi connectivity index (χ2v) is 7.09. The number of hydrogen-bond acceptors (Lipinski definition) is 6. The number of benzene rings is 2. The van der Waals surface area contributed by atoms with Crippen LogP contribution in [0.1, 0.15) is 28.5 Å². The lowest BCUT2D eigenvalue weighted by molar-refractivity contribution is 0.0519. The molecule has 0 spiro atoms. The van der Waals surface area contributed by atoms with Gasteiger partial charge < -0.3 is 9.15 Å². The Kier molecular flexibility index (Phi) is 5.37. The molecule has 0 bridgehead atoms. The first-order valence-electron chi connectivity index (χ1n) is 9.42. The normalized spacial score (nSPS) is 10.9. The summed E-state index contributed by atoms with van der Waals surface area (Å²) in [5, 5.41) is 12.8. The molecule has 0 fully saturated rings. The number of hydrogen-bond donors (Lipinski definition) is 0. The van der Waals surface area contributed by atoms with E-state index in [1.165, 1.54) is 4.68 Å². The minimum Gasteiger partial charge on any atom is -0.461 e. The fraction of sp³-hybridized carbons (Fsp3) is 0.182. The molecule has 0 unspecified atom stereocenters. The van der Waals surface area contributed by atoms with Gasteiger partial charge in [-0.25, -0.2) is 9.48 Å². The van der Waals surface area contributed by atoms with Crippen LogP contribution in [0.4, 0.5) is 0 Å². The van der Waals surface area contributed by atoms with Crippen LogP contribution < -0.4 is 0 Å². The second-order valence-electron chi connectivity index (χ2n) is 6.71. The first-order valence-corrected chi connectivity index (χ1v) is 9.80. The summed E-state index contributed by atoms with van der Waals surface area (Å²) in [5.74, 6) is -0.114. The van der Waals surface area contributed by atoms with Crippen molar-refractivity contribution in [1.82, 2.24) is 20.0 Å². The van der Waals surface area contributed by atoms with Gasteiger partial charge in [0.05, 0.1) is 12.3 Å². The monoisotopic (exact) mass is 422 g/mol. The van der Waals surface area contributed by atoms with Crippen molar-refractivity contribution in [2.24, 2.45) is 0 Å². The Hall–Kier alpha value is -3.45. The maximum absolute atomic E-state index is 12.4. The maximum Gasteiger partial charge on any atom is 0.360 e. The molecule has 152 valence electrons. The molecule has 7 nitrogen and oxygen atoms in total. The Balaban J connectivity index is 1.89. The molecule has 0 N–H and O–H groups in total. The van der Waals surface area contributed by atoms with E-state index in [0.717, 1.165) is 22.4 Å². The average molecular weight is 423 g/mol. The van der Waals surface area contributed by atoms with E-state index in [9.17, 15) is 4.79 Å². The fourth-order valence-corrected chi connectivity index (χ4v) is 3.38. The molecule has 0 aliphatic heterocycles. The van der Waals surface area contributed by atoms with Crippen molar-refractivity contribution in [3.63, 3.8) is 0 Å². The molecule has 2 aromatic carbocycles. The van der Waals surface area contributed by atoms with Gasteiger partial charge in [-0.2, -0.15) is 5.10 Å². The number of para-hydroxylation sites is 1. The van der Waals surface area contributed by atoms with Crippen molar-refractivity contribution in [2.75, 3.05) is 6.61 Å². The molecule has 0 atom stereocenters. The highest BCUT2D eigenvalue weighted by Gasteiger charge is 2.28. The SMILES string of the molecule is CCOC(=O)c1nn(-c2ccccc2C)c(-c2nnc(-c3cccc(C)c3)o2)c1Cl. The van der Waals surface area contributed by atoms with Gasteiger partial charge in [-0.05, 0) is 44.5 Å². The number of halogens is 1. The molecule has 0 radical (unpaired) electrons. The van der Waals surface area contributed by atoms with E-state index >= 15 is 0 Å². The van der Waals surface area contributed by atoms with E-state index in [1.807, 2.05) is 62.4 Å². The standard InChI is InChI=1S/C22H19ClN4O3/c1-4-29-22(28)18-17(23)19(27(26-18)16-11-6-5-9-14(16)3)21-25-24-20(30-21)15-10-7-8-13(2)12-15/h5-12H,4H2,1-3H3. The van der Waals surface area contributed by atoms with E-state index in [0.29, 0.717) is 11.6 Å². The number of carbonyl (C=O) groups is 1. The molecule has 8 heteroatoms. The van der Waals surface area contributed by atoms with Crippen LogP contribution in [0.5, 0.6) is 0 Å². The van der Waals surface area contributed by atoms with Crippen LogP contribution in [-0.4, -0.2) is 32.6 Å². The van der Waals surface area contributed by atoms with Crippen molar-refractivity contribution in [2.45, 2.75) is 20.8 Å². The topological polar surface area (TPSA) is 83.0 Å². The average Bonchev–Trinajstić information content (AvgIpc) is 3.33. The van der Waals surface area contributed by atoms with E-state index in [4.69, 9.17) is 20.8 Å². The van der Waals surface area contributed by atoms with Crippen LogP contribution in [0.15, 0.2) is 52.9 Å². The molecule has 0 aliphatic carbocycles. The minimum atomic E-state index is -0.616. The largest absolute Gasteiger partial charge is 0.461 e. The molecular formula is C22H19ClN4O3. The highest BCUT2D eigenvalue weighted by molar-refractivity contribution is 6.35. The zero-order valence-electron chi connectivity index (χ0n) is 16.7. The Labute approximate surface area is 178 Å². The highest BCUT2D eigenvalue weighted by Crippen LogP contribution is 2.35. The molecule has 0 saturated heterocycles. The Bertz CT molecular complexity index is 1230. The van der Waals surface area contributed by atoms with E-state index in [-0.39, 0.29) is 23.2 Å². The lowest BCUT2D eigenvalue weighted by atomic mass is 10.1. The van der Waals surface area contributed by atoms with Gasteiger partial charge in [0.1, 0.15) is 5.02 Å². The second kappa shape index (κ2) is 8.12. The highest BCUT2D eigenvalue weighted by atomic mass is 35.5. The first kappa shape index (κ1) is 19.8. The van der Waals surface area contributed by atoms with Crippen molar-refractivity contribution < 1.29 is 13.9 Å². The van der Waals surface area contributed by atoms with Gasteiger partial charge in [0.25, 0.3) is 5.89 Å². The molecule has 0 amide bonds. The molecule has 2 heterocycles. The van der Waals surface area contributed by atoms with Crippen molar-refractivity contribution in [3.05, 3.63) is 70.4 Å². The third kappa shape index (κ3) is 3.59. The molecular weight excluding hydrogens is 404 g/mol. The third-order valence-corrected chi connectivity index (χ3v) is 4.89. The van der Waals surface area contributed by atoms with Gasteiger partial charge in [-0.1, -0.05) is 47.5 Å². The van der Waals surface area contributed by atoms with E-state index in [1.54, 1.807) is 6.92 Å². The minimum absolute atomic E-state index is 0.00734. The van der Waals surface area contributed by atoms with Crippen LogP contribution in [0.3, 0.4) is 0 Å². The number of carbonyl (C=O) groups excluding carboxylic acids is 1. The van der Waals surface area contributed by atoms with Gasteiger partial charge in [-0.15, -0.1) is 10.2 Å². The lowest BCUT2D eigenvalue weighted by Gasteiger charge is -2.08. The van der Waals surface area contributed by atoms with Gasteiger partial charge in [-0.3, -0.25) is 0 Å². The number of esters is 1.